The molecule has 4 rings (SSSR count). The Morgan fingerprint density at radius 3 is 2.77 bits per heavy atom. The van der Waals surface area contributed by atoms with Crippen LogP contribution in [0.3, 0.4) is 0 Å². The summed E-state index contributed by atoms with van der Waals surface area (Å²) in [5.41, 5.74) is 1.65. The molecule has 1 saturated heterocycles. The van der Waals surface area contributed by atoms with E-state index in [4.69, 9.17) is 0 Å². The summed E-state index contributed by atoms with van der Waals surface area (Å²) in [4.78, 5) is 25.5. The molecule has 9 heteroatoms. The number of nitrogens with zero attached hydrogens (tertiary/aromatic N) is 3. The Morgan fingerprint density at radius 2 is 2.17 bits per heavy atom. The van der Waals surface area contributed by atoms with E-state index in [1.807, 2.05) is 6.92 Å². The van der Waals surface area contributed by atoms with Crippen LogP contribution in [0.4, 0.5) is 10.2 Å². The summed E-state index contributed by atoms with van der Waals surface area (Å²) in [7, 11) is 0. The quantitative estimate of drug-likeness (QED) is 0.655. The van der Waals surface area contributed by atoms with Gasteiger partial charge in [-0.2, -0.15) is 26.4 Å². The molecule has 3 aromatic rings. The number of nitrogens with one attached hydrogen (secondary N) is 2. The van der Waals surface area contributed by atoms with E-state index in [2.05, 4.69) is 21.8 Å². The van der Waals surface area contributed by atoms with Crippen molar-refractivity contribution < 1.29 is 14.0 Å². The van der Waals surface area contributed by atoms with Crippen molar-refractivity contribution in [2.45, 2.75) is 25.4 Å². The van der Waals surface area contributed by atoms with Crippen LogP contribution in [0.15, 0.2) is 41.1 Å². The van der Waals surface area contributed by atoms with E-state index in [0.29, 0.717) is 5.56 Å². The van der Waals surface area contributed by atoms with Crippen molar-refractivity contribution in [2.75, 3.05) is 11.9 Å². The van der Waals surface area contributed by atoms with Crippen LogP contribution in [0.25, 0.3) is 0 Å². The first kappa shape index (κ1) is 19.9. The van der Waals surface area contributed by atoms with Crippen LogP contribution in [0.2, 0.25) is 0 Å². The van der Waals surface area contributed by atoms with E-state index in [1.165, 1.54) is 23.5 Å². The molecule has 0 saturated carbocycles. The van der Waals surface area contributed by atoms with E-state index < -0.39 is 11.8 Å². The van der Waals surface area contributed by atoms with Crippen molar-refractivity contribution in [1.29, 1.82) is 5.26 Å². The van der Waals surface area contributed by atoms with Crippen molar-refractivity contribution in [2.24, 2.45) is 0 Å². The minimum atomic E-state index is -0.609. The highest BCUT2D eigenvalue weighted by atomic mass is 32.1. The fourth-order valence-electron chi connectivity index (χ4n) is 3.53. The zero-order chi connectivity index (χ0) is 21.3. The van der Waals surface area contributed by atoms with Crippen molar-refractivity contribution >= 4 is 28.8 Å². The lowest BCUT2D eigenvalue weighted by Crippen LogP contribution is -2.23. The smallest absolute Gasteiger partial charge is 0.280 e. The molecule has 3 heterocycles. The van der Waals surface area contributed by atoms with Gasteiger partial charge in [0.05, 0.1) is 23.7 Å². The van der Waals surface area contributed by atoms with Gasteiger partial charge < -0.3 is 10.6 Å². The summed E-state index contributed by atoms with van der Waals surface area (Å²) in [6.45, 7) is 2.30. The summed E-state index contributed by atoms with van der Waals surface area (Å²) in [6.07, 6.45) is 0. The van der Waals surface area contributed by atoms with Gasteiger partial charge in [-0.15, -0.1) is 0 Å². The van der Waals surface area contributed by atoms with Gasteiger partial charge in [-0.3, -0.25) is 9.59 Å². The number of anilines is 1. The number of carbonyl (C=O) groups is 2. The second kappa shape index (κ2) is 8.18. The first-order valence-electron chi connectivity index (χ1n) is 9.34. The molecule has 7 nitrogen and oxygen atoms in total. The summed E-state index contributed by atoms with van der Waals surface area (Å²) in [5.74, 6) is -1.21. The normalized spacial score (nSPS) is 18.4. The fraction of sp³-hybridized carbons (Fsp3) is 0.238. The Balaban J connectivity index is 1.77. The third kappa shape index (κ3) is 3.63. The zero-order valence-corrected chi connectivity index (χ0v) is 16.9. The lowest BCUT2D eigenvalue weighted by atomic mass is 9.94. The number of ketones is 1. The van der Waals surface area contributed by atoms with Crippen LogP contribution in [-0.2, 0) is 11.3 Å². The van der Waals surface area contributed by atoms with Crippen molar-refractivity contribution in [3.63, 3.8) is 0 Å². The molecule has 1 aliphatic rings. The Kier molecular flexibility index (Phi) is 5.44. The summed E-state index contributed by atoms with van der Waals surface area (Å²) in [6, 6.07) is 9.50. The third-order valence-electron chi connectivity index (χ3n) is 5.10. The molecule has 0 spiro atoms. The van der Waals surface area contributed by atoms with Gasteiger partial charge in [0.1, 0.15) is 17.4 Å². The van der Waals surface area contributed by atoms with E-state index in [0.717, 1.165) is 10.2 Å². The summed E-state index contributed by atoms with van der Waals surface area (Å²) in [5, 5.41) is 23.9. The van der Waals surface area contributed by atoms with Gasteiger partial charge in [0.25, 0.3) is 5.91 Å². The predicted octanol–water partition coefficient (Wildman–Crippen LogP) is 2.90. The number of benzene rings is 1. The van der Waals surface area contributed by atoms with Crippen molar-refractivity contribution in [1.82, 2.24) is 15.1 Å². The van der Waals surface area contributed by atoms with Gasteiger partial charge >= 0.3 is 0 Å². The minimum absolute atomic E-state index is 0.0725. The maximum absolute atomic E-state index is 13.2. The van der Waals surface area contributed by atoms with Gasteiger partial charge in [0.15, 0.2) is 11.6 Å². The monoisotopic (exact) mass is 423 g/mol. The molecular weight excluding hydrogens is 405 g/mol. The van der Waals surface area contributed by atoms with E-state index in [9.17, 15) is 19.2 Å². The van der Waals surface area contributed by atoms with Crippen LogP contribution >= 0.6 is 11.3 Å². The molecule has 2 unspecified atom stereocenters. The van der Waals surface area contributed by atoms with Gasteiger partial charge in [0.2, 0.25) is 0 Å². The highest BCUT2D eigenvalue weighted by Crippen LogP contribution is 2.31. The number of carbonyl (C=O) groups excluding carboxylic acids is 2. The molecule has 0 radical (unpaired) electrons. The number of hydrogen-bond acceptors (Lipinski definition) is 7. The third-order valence-corrected chi connectivity index (χ3v) is 5.78. The number of nitriles is 1. The van der Waals surface area contributed by atoms with E-state index in [1.54, 1.807) is 29.0 Å². The van der Waals surface area contributed by atoms with Crippen LogP contribution < -0.4 is 10.6 Å². The maximum atomic E-state index is 13.2. The SMILES string of the molecule is CC1NCC(=O)C1c1nn(C(=O)c2ccsc2)c(NCc2ccc(F)cc2)c1C#N. The Labute approximate surface area is 176 Å². The molecule has 2 atom stereocenters. The summed E-state index contributed by atoms with van der Waals surface area (Å²) < 4.78 is 14.3. The number of Topliss-reactive ketones (excluding diaryl/α,β-unsaturated/α-hetero) is 1. The first-order valence-corrected chi connectivity index (χ1v) is 10.3. The largest absolute Gasteiger partial charge is 0.365 e. The number of halogens is 1. The van der Waals surface area contributed by atoms with Crippen molar-refractivity contribution in [3.8, 4) is 6.07 Å². The first-order chi connectivity index (χ1) is 14.5. The highest BCUT2D eigenvalue weighted by Gasteiger charge is 2.38. The second-order valence-electron chi connectivity index (χ2n) is 7.04. The molecule has 0 amide bonds. The minimum Gasteiger partial charge on any atom is -0.365 e. The predicted molar refractivity (Wildman–Crippen MR) is 110 cm³/mol. The lowest BCUT2D eigenvalue weighted by Gasteiger charge is -2.11. The molecule has 152 valence electrons. The van der Waals surface area contributed by atoms with Crippen LogP contribution in [0.5, 0.6) is 0 Å². The van der Waals surface area contributed by atoms with E-state index >= 15 is 0 Å². The molecule has 1 fully saturated rings. The summed E-state index contributed by atoms with van der Waals surface area (Å²) >= 11 is 1.38. The average molecular weight is 423 g/mol. The van der Waals surface area contributed by atoms with Gasteiger partial charge in [-0.25, -0.2) is 4.39 Å². The molecule has 1 aromatic carbocycles. The number of thiophene rings is 1. The Hall–Kier alpha value is -3.35. The lowest BCUT2D eigenvalue weighted by molar-refractivity contribution is -0.117. The zero-order valence-electron chi connectivity index (χ0n) is 16.1. The Bertz CT molecular complexity index is 1130. The van der Waals surface area contributed by atoms with Gasteiger partial charge in [-0.1, -0.05) is 12.1 Å². The van der Waals surface area contributed by atoms with Gasteiger partial charge in [-0.05, 0) is 36.1 Å². The fourth-order valence-corrected chi connectivity index (χ4v) is 4.16. The Morgan fingerprint density at radius 1 is 1.40 bits per heavy atom. The average Bonchev–Trinajstić information content (AvgIpc) is 3.46. The number of aromatic nitrogens is 2. The van der Waals surface area contributed by atoms with E-state index in [-0.39, 0.29) is 47.8 Å². The molecular formula is C21H18FN5O2S. The molecule has 2 aromatic heterocycles. The molecule has 0 aliphatic carbocycles. The number of hydrogen-bond donors (Lipinski definition) is 2. The molecule has 0 bridgehead atoms. The second-order valence-corrected chi connectivity index (χ2v) is 7.82. The van der Waals surface area contributed by atoms with Crippen LogP contribution in [0, 0.1) is 17.1 Å². The molecule has 30 heavy (non-hydrogen) atoms. The number of rotatable bonds is 5. The van der Waals surface area contributed by atoms with Crippen LogP contribution in [0.1, 0.15) is 40.0 Å². The van der Waals surface area contributed by atoms with Crippen LogP contribution in [-0.4, -0.2) is 34.1 Å². The standard InChI is InChI=1S/C21H18FN5O2S/c1-12-18(17(28)10-24-12)19-16(8-23)20(25-9-13-2-4-15(22)5-3-13)27(26-19)21(29)14-6-7-30-11-14/h2-7,11-12,18,24-25H,9-10H2,1H3. The molecule has 1 aliphatic heterocycles. The maximum Gasteiger partial charge on any atom is 0.280 e. The van der Waals surface area contributed by atoms with Crippen molar-refractivity contribution in [3.05, 3.63) is 69.3 Å². The molecule has 2 N–H and O–H groups in total. The highest BCUT2D eigenvalue weighted by molar-refractivity contribution is 7.08. The topological polar surface area (TPSA) is 99.8 Å². The van der Waals surface area contributed by atoms with Gasteiger partial charge in [0, 0.05) is 18.0 Å².